The van der Waals surface area contributed by atoms with E-state index in [9.17, 15) is 9.90 Å². The quantitative estimate of drug-likeness (QED) is 0.902. The number of hydrogen-bond acceptors (Lipinski definition) is 3. The van der Waals surface area contributed by atoms with Crippen molar-refractivity contribution in [2.45, 2.75) is 52.2 Å². The summed E-state index contributed by atoms with van der Waals surface area (Å²) < 4.78 is 1.86. The lowest BCUT2D eigenvalue weighted by Crippen LogP contribution is -2.32. The molecule has 0 spiro atoms. The van der Waals surface area contributed by atoms with E-state index in [0.29, 0.717) is 25.2 Å². The fraction of sp³-hybridized carbons (Fsp3) is 0.714. The first-order valence-corrected chi connectivity index (χ1v) is 7.10. The van der Waals surface area contributed by atoms with Crippen molar-refractivity contribution < 1.29 is 9.90 Å². The normalized spacial score (nSPS) is 19.4. The van der Waals surface area contributed by atoms with Gasteiger partial charge in [-0.15, -0.1) is 0 Å². The molecular formula is C14H23N3O2. The average molecular weight is 265 g/mol. The van der Waals surface area contributed by atoms with Crippen molar-refractivity contribution >= 4 is 5.91 Å². The Kier molecular flexibility index (Phi) is 4.24. The Morgan fingerprint density at radius 1 is 1.53 bits per heavy atom. The lowest BCUT2D eigenvalue weighted by Gasteiger charge is -2.20. The van der Waals surface area contributed by atoms with Gasteiger partial charge in [0.15, 0.2) is 0 Å². The van der Waals surface area contributed by atoms with Crippen molar-refractivity contribution in [2.75, 3.05) is 13.1 Å². The van der Waals surface area contributed by atoms with Gasteiger partial charge in [0, 0.05) is 13.1 Å². The van der Waals surface area contributed by atoms with Crippen LogP contribution in [0.5, 0.6) is 0 Å². The number of amides is 1. The smallest absolute Gasteiger partial charge is 0.272 e. The highest BCUT2D eigenvalue weighted by Gasteiger charge is 2.28. The Hall–Kier alpha value is -1.36. The lowest BCUT2D eigenvalue weighted by atomic mass is 10.1. The molecule has 0 bridgehead atoms. The third-order valence-corrected chi connectivity index (χ3v) is 3.82. The van der Waals surface area contributed by atoms with Crippen LogP contribution in [0.25, 0.3) is 0 Å². The molecule has 106 valence electrons. The molecule has 19 heavy (non-hydrogen) atoms. The molecule has 1 aliphatic heterocycles. The third-order valence-electron chi connectivity index (χ3n) is 3.82. The molecule has 5 heteroatoms. The number of aryl methyl sites for hydroxylation is 1. The summed E-state index contributed by atoms with van der Waals surface area (Å²) in [5, 5.41) is 14.0. The molecule has 1 amide bonds. The number of aromatic nitrogens is 2. The maximum Gasteiger partial charge on any atom is 0.272 e. The van der Waals surface area contributed by atoms with Crippen molar-refractivity contribution in [1.29, 1.82) is 0 Å². The van der Waals surface area contributed by atoms with E-state index in [2.05, 4.69) is 18.9 Å². The van der Waals surface area contributed by atoms with Gasteiger partial charge in [-0.3, -0.25) is 9.48 Å². The molecule has 0 saturated carbocycles. The van der Waals surface area contributed by atoms with Crippen LogP contribution in [0, 0.1) is 6.92 Å². The lowest BCUT2D eigenvalue weighted by molar-refractivity contribution is 0.0749. The standard InChI is InChI=1S/C14H23N3O2/c1-4-11(5-2)17-13(8-10(3)15-17)14(19)16-7-6-12(18)9-16/h8,11-12,18H,4-7,9H2,1-3H3/t12-/m1/s1. The highest BCUT2D eigenvalue weighted by Crippen LogP contribution is 2.21. The van der Waals surface area contributed by atoms with Gasteiger partial charge in [-0.05, 0) is 32.3 Å². The largest absolute Gasteiger partial charge is 0.391 e. The van der Waals surface area contributed by atoms with E-state index in [4.69, 9.17) is 0 Å². The summed E-state index contributed by atoms with van der Waals surface area (Å²) in [5.41, 5.74) is 1.52. The van der Waals surface area contributed by atoms with Crippen LogP contribution >= 0.6 is 0 Å². The van der Waals surface area contributed by atoms with Gasteiger partial charge in [-0.25, -0.2) is 0 Å². The molecule has 2 heterocycles. The molecule has 0 radical (unpaired) electrons. The van der Waals surface area contributed by atoms with Crippen molar-refractivity contribution in [3.8, 4) is 0 Å². The van der Waals surface area contributed by atoms with Crippen molar-refractivity contribution in [2.24, 2.45) is 0 Å². The second-order valence-corrected chi connectivity index (χ2v) is 5.28. The van der Waals surface area contributed by atoms with Crippen LogP contribution < -0.4 is 0 Å². The predicted octanol–water partition coefficient (Wildman–Crippen LogP) is 1.76. The SMILES string of the molecule is CCC(CC)n1nc(C)cc1C(=O)N1CC[C@@H](O)C1. The minimum Gasteiger partial charge on any atom is -0.391 e. The molecule has 0 aromatic carbocycles. The zero-order valence-corrected chi connectivity index (χ0v) is 12.0. The summed E-state index contributed by atoms with van der Waals surface area (Å²) in [7, 11) is 0. The fourth-order valence-corrected chi connectivity index (χ4v) is 2.68. The summed E-state index contributed by atoms with van der Waals surface area (Å²) in [6, 6.07) is 2.12. The number of carbonyl (C=O) groups is 1. The van der Waals surface area contributed by atoms with Gasteiger partial charge in [0.1, 0.15) is 5.69 Å². The summed E-state index contributed by atoms with van der Waals surface area (Å²) in [5.74, 6) is -0.0101. The van der Waals surface area contributed by atoms with Crippen molar-refractivity contribution in [3.63, 3.8) is 0 Å². The highest BCUT2D eigenvalue weighted by molar-refractivity contribution is 5.93. The molecule has 1 fully saturated rings. The van der Waals surface area contributed by atoms with Crippen LogP contribution in [0.1, 0.15) is 55.3 Å². The van der Waals surface area contributed by atoms with E-state index in [0.717, 1.165) is 18.5 Å². The topological polar surface area (TPSA) is 58.4 Å². The van der Waals surface area contributed by atoms with Crippen molar-refractivity contribution in [1.82, 2.24) is 14.7 Å². The number of aliphatic hydroxyl groups excluding tert-OH is 1. The Bertz CT molecular complexity index is 452. The summed E-state index contributed by atoms with van der Waals surface area (Å²) in [6.07, 6.45) is 2.21. The Morgan fingerprint density at radius 2 is 2.21 bits per heavy atom. The fourth-order valence-electron chi connectivity index (χ4n) is 2.68. The summed E-state index contributed by atoms with van der Waals surface area (Å²) >= 11 is 0. The first-order chi connectivity index (χ1) is 9.06. The summed E-state index contributed by atoms with van der Waals surface area (Å²) in [6.45, 7) is 7.20. The van der Waals surface area contributed by atoms with Crippen LogP contribution in [0.2, 0.25) is 0 Å². The maximum absolute atomic E-state index is 12.5. The molecule has 1 aromatic rings. The molecule has 1 aromatic heterocycles. The van der Waals surface area contributed by atoms with E-state index in [-0.39, 0.29) is 18.1 Å². The molecule has 0 unspecified atom stereocenters. The minimum absolute atomic E-state index is 0.0101. The van der Waals surface area contributed by atoms with Gasteiger partial charge >= 0.3 is 0 Å². The number of aliphatic hydroxyl groups is 1. The third kappa shape index (κ3) is 2.81. The number of rotatable bonds is 4. The van der Waals surface area contributed by atoms with E-state index in [1.807, 2.05) is 17.7 Å². The van der Waals surface area contributed by atoms with Gasteiger partial charge < -0.3 is 10.0 Å². The minimum atomic E-state index is -0.380. The maximum atomic E-state index is 12.5. The highest BCUT2D eigenvalue weighted by atomic mass is 16.3. The van der Waals surface area contributed by atoms with E-state index < -0.39 is 0 Å². The molecular weight excluding hydrogens is 242 g/mol. The molecule has 5 nitrogen and oxygen atoms in total. The molecule has 1 saturated heterocycles. The molecule has 2 rings (SSSR count). The first kappa shape index (κ1) is 14.1. The molecule has 1 N–H and O–H groups in total. The number of hydrogen-bond donors (Lipinski definition) is 1. The average Bonchev–Trinajstić information content (AvgIpc) is 2.97. The van der Waals surface area contributed by atoms with Gasteiger partial charge in [-0.2, -0.15) is 5.10 Å². The number of likely N-dealkylation sites (tertiary alicyclic amines) is 1. The Balaban J connectivity index is 2.26. The van der Waals surface area contributed by atoms with Crippen LogP contribution in [0.4, 0.5) is 0 Å². The van der Waals surface area contributed by atoms with Gasteiger partial charge in [0.05, 0.1) is 17.8 Å². The van der Waals surface area contributed by atoms with Crippen LogP contribution in [0.3, 0.4) is 0 Å². The van der Waals surface area contributed by atoms with Crippen LogP contribution in [-0.2, 0) is 0 Å². The van der Waals surface area contributed by atoms with Gasteiger partial charge in [0.2, 0.25) is 0 Å². The van der Waals surface area contributed by atoms with Gasteiger partial charge in [0.25, 0.3) is 5.91 Å². The molecule has 0 aliphatic carbocycles. The summed E-state index contributed by atoms with van der Waals surface area (Å²) in [4.78, 5) is 14.2. The number of carbonyl (C=O) groups excluding carboxylic acids is 1. The number of nitrogens with zero attached hydrogens (tertiary/aromatic N) is 3. The second kappa shape index (κ2) is 5.74. The monoisotopic (exact) mass is 265 g/mol. The second-order valence-electron chi connectivity index (χ2n) is 5.28. The number of β-amino-alcohol motifs (C(OH)–C–C–N with tert-alkyl or cyclic N) is 1. The van der Waals surface area contributed by atoms with E-state index in [1.165, 1.54) is 0 Å². The predicted molar refractivity (Wildman–Crippen MR) is 73.1 cm³/mol. The molecule has 1 aliphatic rings. The van der Waals surface area contributed by atoms with Crippen molar-refractivity contribution in [3.05, 3.63) is 17.5 Å². The first-order valence-electron chi connectivity index (χ1n) is 7.10. The van der Waals surface area contributed by atoms with E-state index in [1.54, 1.807) is 4.90 Å². The molecule has 1 atom stereocenters. The van der Waals surface area contributed by atoms with Crippen LogP contribution in [0.15, 0.2) is 6.07 Å². The van der Waals surface area contributed by atoms with Gasteiger partial charge in [-0.1, -0.05) is 13.8 Å². The Morgan fingerprint density at radius 3 is 2.74 bits per heavy atom. The van der Waals surface area contributed by atoms with E-state index >= 15 is 0 Å². The zero-order chi connectivity index (χ0) is 14.0. The Labute approximate surface area is 114 Å². The zero-order valence-electron chi connectivity index (χ0n) is 12.0. The van der Waals surface area contributed by atoms with Crippen LogP contribution in [-0.4, -0.2) is 44.9 Å².